The third-order valence-electron chi connectivity index (χ3n) is 3.57. The lowest BCUT2D eigenvalue weighted by Crippen LogP contribution is -2.13. The lowest BCUT2D eigenvalue weighted by molar-refractivity contribution is 0.407. The van der Waals surface area contributed by atoms with E-state index >= 15 is 0 Å². The molecule has 18 heavy (non-hydrogen) atoms. The van der Waals surface area contributed by atoms with Crippen LogP contribution in [0.5, 0.6) is 5.75 Å². The maximum Gasteiger partial charge on any atom is 0.122 e. The molecule has 0 atom stereocenters. The summed E-state index contributed by atoms with van der Waals surface area (Å²) in [5.74, 6) is 1.35. The largest absolute Gasteiger partial charge is 0.496 e. The molecule has 0 amide bonds. The van der Waals surface area contributed by atoms with E-state index in [-0.39, 0.29) is 5.41 Å². The lowest BCUT2D eigenvalue weighted by Gasteiger charge is -2.15. The van der Waals surface area contributed by atoms with E-state index in [9.17, 15) is 0 Å². The Morgan fingerprint density at radius 2 is 2.17 bits per heavy atom. The number of benzene rings is 1. The molecule has 0 saturated heterocycles. The predicted octanol–water partition coefficient (Wildman–Crippen LogP) is 3.53. The van der Waals surface area contributed by atoms with Crippen molar-refractivity contribution in [2.75, 3.05) is 19.0 Å². The Bertz CT molecular complexity index is 470. The Labute approximate surface area is 109 Å². The monoisotopic (exact) mass is 244 g/mol. The molecule has 1 saturated carbocycles. The van der Waals surface area contributed by atoms with E-state index in [0.717, 1.165) is 30.8 Å². The summed E-state index contributed by atoms with van der Waals surface area (Å²) in [6, 6.07) is 8.52. The maximum atomic E-state index is 9.05. The molecule has 3 heteroatoms. The van der Waals surface area contributed by atoms with E-state index < -0.39 is 0 Å². The van der Waals surface area contributed by atoms with Crippen LogP contribution in [0, 0.1) is 16.7 Å². The minimum atomic E-state index is -0.113. The second-order valence-corrected chi connectivity index (χ2v) is 5.36. The van der Waals surface area contributed by atoms with Crippen LogP contribution in [-0.4, -0.2) is 13.7 Å². The number of hydrogen-bond acceptors (Lipinski definition) is 3. The van der Waals surface area contributed by atoms with E-state index in [2.05, 4.69) is 31.3 Å². The summed E-state index contributed by atoms with van der Waals surface area (Å²) in [4.78, 5) is 0. The maximum absolute atomic E-state index is 9.05. The summed E-state index contributed by atoms with van der Waals surface area (Å²) >= 11 is 0. The first-order valence-electron chi connectivity index (χ1n) is 6.43. The summed E-state index contributed by atoms with van der Waals surface area (Å²) in [5, 5.41) is 12.4. The predicted molar refractivity (Wildman–Crippen MR) is 72.9 cm³/mol. The summed E-state index contributed by atoms with van der Waals surface area (Å²) < 4.78 is 5.36. The van der Waals surface area contributed by atoms with Gasteiger partial charge in [-0.2, -0.15) is 5.26 Å². The van der Waals surface area contributed by atoms with Crippen molar-refractivity contribution in [3.63, 3.8) is 0 Å². The zero-order valence-corrected chi connectivity index (χ0v) is 11.3. The molecule has 0 radical (unpaired) electrons. The van der Waals surface area contributed by atoms with Crippen molar-refractivity contribution in [3.05, 3.63) is 23.8 Å². The van der Waals surface area contributed by atoms with Crippen LogP contribution in [0.15, 0.2) is 18.2 Å². The van der Waals surface area contributed by atoms with Gasteiger partial charge in [0.25, 0.3) is 0 Å². The Morgan fingerprint density at radius 3 is 2.67 bits per heavy atom. The van der Waals surface area contributed by atoms with E-state index in [1.54, 1.807) is 7.11 Å². The van der Waals surface area contributed by atoms with Gasteiger partial charge in [0, 0.05) is 12.2 Å². The van der Waals surface area contributed by atoms with Gasteiger partial charge < -0.3 is 10.1 Å². The average Bonchev–Trinajstić information content (AvgIpc) is 3.16. The topological polar surface area (TPSA) is 45.0 Å². The van der Waals surface area contributed by atoms with Gasteiger partial charge in [-0.1, -0.05) is 13.8 Å². The van der Waals surface area contributed by atoms with Crippen LogP contribution in [0.4, 0.5) is 5.69 Å². The second-order valence-electron chi connectivity index (χ2n) is 5.36. The number of ether oxygens (including phenoxy) is 1. The van der Waals surface area contributed by atoms with Gasteiger partial charge in [0.05, 0.1) is 18.6 Å². The summed E-state index contributed by atoms with van der Waals surface area (Å²) in [5.41, 5.74) is 2.16. The normalized spacial score (nSPS) is 16.2. The van der Waals surface area contributed by atoms with Crippen molar-refractivity contribution < 1.29 is 4.74 Å². The van der Waals surface area contributed by atoms with E-state index in [1.807, 2.05) is 12.1 Å². The number of nitriles is 1. The molecule has 1 fully saturated rings. The van der Waals surface area contributed by atoms with Gasteiger partial charge in [0.1, 0.15) is 5.75 Å². The SMILES string of the molecule is COc1ccc(NCC2(C#N)CC2)cc1C(C)C. The van der Waals surface area contributed by atoms with Crippen molar-refractivity contribution in [1.29, 1.82) is 5.26 Å². The molecule has 96 valence electrons. The number of rotatable bonds is 5. The van der Waals surface area contributed by atoms with Crippen molar-refractivity contribution in [2.24, 2.45) is 5.41 Å². The minimum Gasteiger partial charge on any atom is -0.496 e. The second kappa shape index (κ2) is 4.89. The fourth-order valence-corrected chi connectivity index (χ4v) is 2.05. The summed E-state index contributed by atoms with van der Waals surface area (Å²) in [6.07, 6.45) is 2.04. The molecule has 1 aliphatic rings. The molecule has 3 nitrogen and oxygen atoms in total. The van der Waals surface area contributed by atoms with Crippen molar-refractivity contribution in [1.82, 2.24) is 0 Å². The van der Waals surface area contributed by atoms with Crippen LogP contribution in [0.2, 0.25) is 0 Å². The highest BCUT2D eigenvalue weighted by Crippen LogP contribution is 2.44. The van der Waals surface area contributed by atoms with Crippen LogP contribution < -0.4 is 10.1 Å². The van der Waals surface area contributed by atoms with Gasteiger partial charge >= 0.3 is 0 Å². The van der Waals surface area contributed by atoms with Crippen molar-refractivity contribution >= 4 is 5.69 Å². The van der Waals surface area contributed by atoms with Crippen molar-refractivity contribution in [2.45, 2.75) is 32.6 Å². The van der Waals surface area contributed by atoms with Crippen LogP contribution in [0.25, 0.3) is 0 Å². The first-order valence-corrected chi connectivity index (χ1v) is 6.43. The zero-order chi connectivity index (χ0) is 13.2. The van der Waals surface area contributed by atoms with Crippen LogP contribution >= 0.6 is 0 Å². The Kier molecular flexibility index (Phi) is 3.47. The molecule has 1 aliphatic carbocycles. The molecule has 0 bridgehead atoms. The number of hydrogen-bond donors (Lipinski definition) is 1. The number of methoxy groups -OCH3 is 1. The Hall–Kier alpha value is -1.69. The number of anilines is 1. The standard InChI is InChI=1S/C15H20N2O/c1-11(2)13-8-12(4-5-14(13)18-3)17-10-15(9-16)6-7-15/h4-5,8,11,17H,6-7,10H2,1-3H3. The minimum absolute atomic E-state index is 0.113. The van der Waals surface area contributed by atoms with E-state index in [4.69, 9.17) is 10.00 Å². The highest BCUT2D eigenvalue weighted by Gasteiger charge is 2.42. The zero-order valence-electron chi connectivity index (χ0n) is 11.3. The molecule has 1 aromatic rings. The first kappa shape index (κ1) is 12.8. The van der Waals surface area contributed by atoms with E-state index in [0.29, 0.717) is 5.92 Å². The molecule has 0 heterocycles. The molecule has 2 rings (SSSR count). The molecule has 1 N–H and O–H groups in total. The van der Waals surface area contributed by atoms with Gasteiger partial charge in [-0.3, -0.25) is 0 Å². The fourth-order valence-electron chi connectivity index (χ4n) is 2.05. The summed E-state index contributed by atoms with van der Waals surface area (Å²) in [7, 11) is 1.70. The molecule has 0 spiro atoms. The smallest absolute Gasteiger partial charge is 0.122 e. The molecular weight excluding hydrogens is 224 g/mol. The van der Waals surface area contributed by atoms with Crippen LogP contribution in [0.3, 0.4) is 0 Å². The molecule has 0 unspecified atom stereocenters. The van der Waals surface area contributed by atoms with Gasteiger partial charge in [0.2, 0.25) is 0 Å². The third kappa shape index (κ3) is 2.59. The quantitative estimate of drug-likeness (QED) is 0.861. The highest BCUT2D eigenvalue weighted by atomic mass is 16.5. The van der Waals surface area contributed by atoms with Gasteiger partial charge in [-0.15, -0.1) is 0 Å². The lowest BCUT2D eigenvalue weighted by atomic mass is 10.0. The molecule has 0 aromatic heterocycles. The molecule has 0 aliphatic heterocycles. The summed E-state index contributed by atoms with van der Waals surface area (Å²) in [6.45, 7) is 5.05. The van der Waals surface area contributed by atoms with Gasteiger partial charge in [0.15, 0.2) is 0 Å². The van der Waals surface area contributed by atoms with Gasteiger partial charge in [-0.05, 0) is 42.5 Å². The van der Waals surface area contributed by atoms with E-state index in [1.165, 1.54) is 5.56 Å². The van der Waals surface area contributed by atoms with Gasteiger partial charge in [-0.25, -0.2) is 0 Å². The van der Waals surface area contributed by atoms with Crippen LogP contribution in [0.1, 0.15) is 38.2 Å². The van der Waals surface area contributed by atoms with Crippen LogP contribution in [-0.2, 0) is 0 Å². The highest BCUT2D eigenvalue weighted by molar-refractivity contribution is 5.52. The molecule has 1 aromatic carbocycles. The third-order valence-corrected chi connectivity index (χ3v) is 3.57. The number of nitrogens with zero attached hydrogens (tertiary/aromatic N) is 1. The Morgan fingerprint density at radius 1 is 1.44 bits per heavy atom. The first-order chi connectivity index (χ1) is 8.60. The average molecular weight is 244 g/mol. The molecular formula is C15H20N2O. The van der Waals surface area contributed by atoms with Crippen molar-refractivity contribution in [3.8, 4) is 11.8 Å². The number of nitrogens with one attached hydrogen (secondary N) is 1. The Balaban J connectivity index is 2.10. The fraction of sp³-hybridized carbons (Fsp3) is 0.533.